The van der Waals surface area contributed by atoms with Gasteiger partial charge in [0.25, 0.3) is 0 Å². The molecule has 0 aliphatic carbocycles. The van der Waals surface area contributed by atoms with Gasteiger partial charge in [-0.25, -0.2) is 0 Å². The first-order valence-corrected chi connectivity index (χ1v) is 6.44. The van der Waals surface area contributed by atoms with Crippen LogP contribution in [0.15, 0.2) is 24.3 Å². The van der Waals surface area contributed by atoms with Crippen molar-refractivity contribution in [2.75, 3.05) is 6.67 Å². The number of rotatable bonds is 3. The minimum atomic E-state index is -4.89. The Morgan fingerprint density at radius 3 is 2.50 bits per heavy atom. The fraction of sp³-hybridized carbons (Fsp3) is 0.500. The maximum absolute atomic E-state index is 12.6. The fourth-order valence-corrected chi connectivity index (χ4v) is 2.56. The molecule has 1 amide bonds. The number of nitrogens with zero attached hydrogens (tertiary/aromatic N) is 1. The van der Waals surface area contributed by atoms with Crippen LogP contribution in [-0.2, 0) is 17.8 Å². The van der Waals surface area contributed by atoms with Crippen molar-refractivity contribution in [1.82, 2.24) is 4.90 Å². The summed E-state index contributed by atoms with van der Waals surface area (Å²) in [6, 6.07) is 6.52. The van der Waals surface area contributed by atoms with E-state index in [1.807, 2.05) is 12.1 Å². The second kappa shape index (κ2) is 5.81. The van der Waals surface area contributed by atoms with Gasteiger partial charge in [0.1, 0.15) is 0 Å². The molecule has 1 aromatic rings. The van der Waals surface area contributed by atoms with Crippen LogP contribution in [0, 0.1) is 0 Å². The lowest BCUT2D eigenvalue weighted by atomic mass is 9.91. The molecule has 0 N–H and O–H groups in total. The quantitative estimate of drug-likeness (QED) is 0.782. The summed E-state index contributed by atoms with van der Waals surface area (Å²) in [5.41, 5.74) is 1.66. The molecule has 1 aliphatic heterocycles. The van der Waals surface area contributed by atoms with E-state index in [1.54, 1.807) is 12.1 Å². The molecule has 0 radical (unpaired) electrons. The van der Waals surface area contributed by atoms with Gasteiger partial charge in [0.05, 0.1) is 6.67 Å². The highest BCUT2D eigenvalue weighted by Crippen LogP contribution is 2.30. The van der Waals surface area contributed by atoms with Crippen molar-refractivity contribution in [1.29, 1.82) is 0 Å². The van der Waals surface area contributed by atoms with Gasteiger partial charge < -0.3 is 4.90 Å². The van der Waals surface area contributed by atoms with Crippen molar-refractivity contribution in [2.45, 2.75) is 38.0 Å². The van der Waals surface area contributed by atoms with Crippen LogP contribution in [0.1, 0.15) is 24.0 Å². The molecule has 110 valence electrons. The predicted octanol–water partition coefficient (Wildman–Crippen LogP) is 3.25. The van der Waals surface area contributed by atoms with Gasteiger partial charge in [0.15, 0.2) is 0 Å². The van der Waals surface area contributed by atoms with Crippen molar-refractivity contribution in [3.8, 4) is 0 Å². The lowest BCUT2D eigenvalue weighted by Crippen LogP contribution is -2.49. The van der Waals surface area contributed by atoms with Crippen LogP contribution < -0.4 is 0 Å². The van der Waals surface area contributed by atoms with E-state index in [0.717, 1.165) is 16.0 Å². The number of carbonyl (C=O) groups excluding carboxylic acids is 1. The Hall–Kier alpha value is -1.59. The molecular formula is C14H15F4NO. The lowest BCUT2D eigenvalue weighted by molar-refractivity contribution is -0.189. The normalized spacial score (nSPS) is 18.8. The zero-order chi connectivity index (χ0) is 14.8. The molecule has 20 heavy (non-hydrogen) atoms. The molecule has 1 unspecified atom stereocenters. The van der Waals surface area contributed by atoms with E-state index in [4.69, 9.17) is 0 Å². The van der Waals surface area contributed by atoms with E-state index >= 15 is 0 Å². The smallest absolute Gasteiger partial charge is 0.327 e. The molecule has 0 saturated carbocycles. The summed E-state index contributed by atoms with van der Waals surface area (Å²) in [6.07, 6.45) is -4.14. The summed E-state index contributed by atoms with van der Waals surface area (Å²) in [5.74, 6) is -1.84. The molecule has 2 nitrogen and oxygen atoms in total. The minimum Gasteiger partial charge on any atom is -0.327 e. The molecule has 0 fully saturated rings. The van der Waals surface area contributed by atoms with Crippen molar-refractivity contribution in [3.63, 3.8) is 0 Å². The van der Waals surface area contributed by atoms with E-state index in [0.29, 0.717) is 6.42 Å². The number of benzene rings is 1. The van der Waals surface area contributed by atoms with Crippen molar-refractivity contribution >= 4 is 5.91 Å². The molecular weight excluding hydrogens is 274 g/mol. The summed E-state index contributed by atoms with van der Waals surface area (Å²) in [5, 5.41) is 0. The van der Waals surface area contributed by atoms with Gasteiger partial charge in [-0.3, -0.25) is 9.18 Å². The minimum absolute atomic E-state index is 0.0640. The highest BCUT2D eigenvalue weighted by molar-refractivity contribution is 5.82. The maximum Gasteiger partial charge on any atom is 0.471 e. The van der Waals surface area contributed by atoms with E-state index in [9.17, 15) is 22.4 Å². The van der Waals surface area contributed by atoms with Gasteiger partial charge in [0, 0.05) is 12.6 Å². The van der Waals surface area contributed by atoms with Gasteiger partial charge in [-0.1, -0.05) is 24.3 Å². The first-order chi connectivity index (χ1) is 9.43. The average molecular weight is 289 g/mol. The number of halogens is 4. The van der Waals surface area contributed by atoms with Gasteiger partial charge in [-0.05, 0) is 30.4 Å². The van der Waals surface area contributed by atoms with Crippen LogP contribution in [0.25, 0.3) is 0 Å². The zero-order valence-corrected chi connectivity index (χ0v) is 10.8. The average Bonchev–Trinajstić information content (AvgIpc) is 2.42. The Morgan fingerprint density at radius 2 is 1.90 bits per heavy atom. The summed E-state index contributed by atoms with van der Waals surface area (Å²) in [6.45, 7) is -0.655. The Bertz CT molecular complexity index is 486. The zero-order valence-electron chi connectivity index (χ0n) is 10.8. The standard InChI is InChI=1S/C14H15F4NO/c15-7-3-6-12-8-10-4-1-2-5-11(10)9-19(12)13(20)14(16,17)18/h1-2,4-5,12H,3,6-9H2. The number of amides is 1. The third kappa shape index (κ3) is 3.11. The maximum atomic E-state index is 12.6. The molecule has 1 aliphatic rings. The van der Waals surface area contributed by atoms with Gasteiger partial charge >= 0.3 is 12.1 Å². The van der Waals surface area contributed by atoms with E-state index in [-0.39, 0.29) is 19.4 Å². The van der Waals surface area contributed by atoms with Crippen LogP contribution in [0.5, 0.6) is 0 Å². The van der Waals surface area contributed by atoms with Crippen LogP contribution in [0.2, 0.25) is 0 Å². The van der Waals surface area contributed by atoms with Crippen LogP contribution in [0.4, 0.5) is 17.6 Å². The Balaban J connectivity index is 2.25. The molecule has 1 heterocycles. The number of fused-ring (bicyclic) bond motifs is 1. The van der Waals surface area contributed by atoms with E-state index in [2.05, 4.69) is 0 Å². The molecule has 0 bridgehead atoms. The largest absolute Gasteiger partial charge is 0.471 e. The van der Waals surface area contributed by atoms with E-state index in [1.165, 1.54) is 0 Å². The SMILES string of the molecule is O=C(N1Cc2ccccc2CC1CCCF)C(F)(F)F. The summed E-state index contributed by atoms with van der Waals surface area (Å²) < 4.78 is 50.2. The van der Waals surface area contributed by atoms with E-state index < -0.39 is 24.8 Å². The van der Waals surface area contributed by atoms with Crippen molar-refractivity contribution in [2.24, 2.45) is 0 Å². The monoisotopic (exact) mass is 289 g/mol. The first kappa shape index (κ1) is 14.8. The van der Waals surface area contributed by atoms with Gasteiger partial charge in [0.2, 0.25) is 0 Å². The molecule has 0 spiro atoms. The fourth-order valence-electron chi connectivity index (χ4n) is 2.56. The summed E-state index contributed by atoms with van der Waals surface area (Å²) in [7, 11) is 0. The third-order valence-electron chi connectivity index (χ3n) is 3.53. The molecule has 6 heteroatoms. The van der Waals surface area contributed by atoms with Crippen LogP contribution in [-0.4, -0.2) is 29.7 Å². The second-order valence-electron chi connectivity index (χ2n) is 4.89. The van der Waals surface area contributed by atoms with Crippen molar-refractivity contribution in [3.05, 3.63) is 35.4 Å². The van der Waals surface area contributed by atoms with Crippen LogP contribution in [0.3, 0.4) is 0 Å². The predicted molar refractivity (Wildman–Crippen MR) is 65.7 cm³/mol. The Labute approximate surface area is 114 Å². The number of carbonyl (C=O) groups is 1. The highest BCUT2D eigenvalue weighted by atomic mass is 19.4. The Kier molecular flexibility index (Phi) is 4.30. The first-order valence-electron chi connectivity index (χ1n) is 6.44. The number of alkyl halides is 4. The number of hydrogen-bond acceptors (Lipinski definition) is 1. The van der Waals surface area contributed by atoms with Gasteiger partial charge in [-0.2, -0.15) is 13.2 Å². The molecule has 1 atom stereocenters. The topological polar surface area (TPSA) is 20.3 Å². The second-order valence-corrected chi connectivity index (χ2v) is 4.89. The van der Waals surface area contributed by atoms with Gasteiger partial charge in [-0.15, -0.1) is 0 Å². The van der Waals surface area contributed by atoms with Crippen molar-refractivity contribution < 1.29 is 22.4 Å². The Morgan fingerprint density at radius 1 is 1.25 bits per heavy atom. The molecule has 1 aromatic carbocycles. The lowest BCUT2D eigenvalue weighted by Gasteiger charge is -2.37. The summed E-state index contributed by atoms with van der Waals surface area (Å²) >= 11 is 0. The third-order valence-corrected chi connectivity index (χ3v) is 3.53. The summed E-state index contributed by atoms with van der Waals surface area (Å²) in [4.78, 5) is 12.3. The highest BCUT2D eigenvalue weighted by Gasteiger charge is 2.45. The molecule has 2 rings (SSSR count). The molecule has 0 saturated heterocycles. The van der Waals surface area contributed by atoms with Crippen LogP contribution >= 0.6 is 0 Å². The number of hydrogen-bond donors (Lipinski definition) is 0. The molecule has 0 aromatic heterocycles.